The molecule has 0 aliphatic heterocycles. The minimum Gasteiger partial charge on any atom is -0.468 e. The average molecular weight is 247 g/mol. The van der Waals surface area contributed by atoms with E-state index >= 15 is 0 Å². The molecule has 0 spiro atoms. The first kappa shape index (κ1) is 13.1. The van der Waals surface area contributed by atoms with Gasteiger partial charge in [-0.2, -0.15) is 0 Å². The molecule has 0 amide bonds. The van der Waals surface area contributed by atoms with Crippen LogP contribution in [0.5, 0.6) is 0 Å². The zero-order valence-electron chi connectivity index (χ0n) is 11.1. The third-order valence-electron chi connectivity index (χ3n) is 4.21. The highest BCUT2D eigenvalue weighted by Crippen LogP contribution is 2.44. The van der Waals surface area contributed by atoms with Gasteiger partial charge in [0, 0.05) is 6.54 Å². The minimum absolute atomic E-state index is 0.194. The number of carbonyl (C=O) groups is 1. The van der Waals surface area contributed by atoms with Gasteiger partial charge in [-0.15, -0.1) is 0 Å². The van der Waals surface area contributed by atoms with Gasteiger partial charge in [-0.25, -0.2) is 0 Å². The van der Waals surface area contributed by atoms with Crippen LogP contribution in [0.15, 0.2) is 24.3 Å². The van der Waals surface area contributed by atoms with Gasteiger partial charge in [0.2, 0.25) is 0 Å². The first-order chi connectivity index (χ1) is 8.65. The van der Waals surface area contributed by atoms with Crippen LogP contribution in [0.1, 0.15) is 30.4 Å². The Hall–Kier alpha value is -1.35. The Bertz CT molecular complexity index is 440. The summed E-state index contributed by atoms with van der Waals surface area (Å²) < 4.78 is 5.04. The SMILES string of the molecule is COC(=O)C(CN)(c1cccc(C)c1)C1CCC1. The zero-order chi connectivity index (χ0) is 13.2. The highest BCUT2D eigenvalue weighted by Gasteiger charge is 2.49. The predicted molar refractivity (Wildman–Crippen MR) is 71.3 cm³/mol. The number of ether oxygens (including phenoxy) is 1. The van der Waals surface area contributed by atoms with Crippen molar-refractivity contribution in [2.24, 2.45) is 11.7 Å². The van der Waals surface area contributed by atoms with Crippen molar-refractivity contribution in [2.75, 3.05) is 13.7 Å². The van der Waals surface area contributed by atoms with Crippen molar-refractivity contribution in [2.45, 2.75) is 31.6 Å². The lowest BCUT2D eigenvalue weighted by Gasteiger charge is -2.42. The lowest BCUT2D eigenvalue weighted by Crippen LogP contribution is -2.52. The molecule has 1 aliphatic rings. The molecule has 18 heavy (non-hydrogen) atoms. The lowest BCUT2D eigenvalue weighted by atomic mass is 9.61. The van der Waals surface area contributed by atoms with Gasteiger partial charge in [0.15, 0.2) is 0 Å². The molecule has 0 radical (unpaired) electrons. The van der Waals surface area contributed by atoms with Gasteiger partial charge in [0.05, 0.1) is 7.11 Å². The number of hydrogen-bond donors (Lipinski definition) is 1. The molecule has 3 heteroatoms. The molecule has 0 aromatic heterocycles. The number of aryl methyl sites for hydroxylation is 1. The van der Waals surface area contributed by atoms with E-state index < -0.39 is 5.41 Å². The molecule has 1 atom stereocenters. The topological polar surface area (TPSA) is 52.3 Å². The molecule has 1 aromatic rings. The van der Waals surface area contributed by atoms with Crippen LogP contribution in [-0.2, 0) is 14.9 Å². The van der Waals surface area contributed by atoms with E-state index in [9.17, 15) is 4.79 Å². The molecule has 98 valence electrons. The first-order valence-electron chi connectivity index (χ1n) is 6.50. The van der Waals surface area contributed by atoms with Gasteiger partial charge in [0.25, 0.3) is 0 Å². The number of benzene rings is 1. The van der Waals surface area contributed by atoms with E-state index in [1.807, 2.05) is 25.1 Å². The van der Waals surface area contributed by atoms with Crippen LogP contribution in [0.2, 0.25) is 0 Å². The number of esters is 1. The summed E-state index contributed by atoms with van der Waals surface area (Å²) in [5.41, 5.74) is 7.47. The van der Waals surface area contributed by atoms with Crippen molar-refractivity contribution in [3.05, 3.63) is 35.4 Å². The van der Waals surface area contributed by atoms with Crippen molar-refractivity contribution in [1.29, 1.82) is 0 Å². The Labute approximate surface area is 108 Å². The van der Waals surface area contributed by atoms with E-state index in [-0.39, 0.29) is 5.97 Å². The molecule has 1 aromatic carbocycles. The summed E-state index contributed by atoms with van der Waals surface area (Å²) in [5, 5.41) is 0. The highest BCUT2D eigenvalue weighted by molar-refractivity contribution is 5.84. The summed E-state index contributed by atoms with van der Waals surface area (Å²) in [6.45, 7) is 2.34. The van der Waals surface area contributed by atoms with E-state index in [1.165, 1.54) is 13.5 Å². The van der Waals surface area contributed by atoms with E-state index in [2.05, 4.69) is 6.07 Å². The van der Waals surface area contributed by atoms with Gasteiger partial charge in [0.1, 0.15) is 5.41 Å². The monoisotopic (exact) mass is 247 g/mol. The van der Waals surface area contributed by atoms with Gasteiger partial charge in [-0.1, -0.05) is 36.2 Å². The Morgan fingerprint density at radius 1 is 1.50 bits per heavy atom. The van der Waals surface area contributed by atoms with Crippen LogP contribution in [0.25, 0.3) is 0 Å². The molecule has 1 aliphatic carbocycles. The molecule has 1 fully saturated rings. The lowest BCUT2D eigenvalue weighted by molar-refractivity contribution is -0.151. The van der Waals surface area contributed by atoms with Crippen LogP contribution < -0.4 is 5.73 Å². The Morgan fingerprint density at radius 2 is 2.22 bits per heavy atom. The van der Waals surface area contributed by atoms with Crippen molar-refractivity contribution < 1.29 is 9.53 Å². The summed E-state index contributed by atoms with van der Waals surface area (Å²) >= 11 is 0. The quantitative estimate of drug-likeness (QED) is 0.830. The number of hydrogen-bond acceptors (Lipinski definition) is 3. The molecule has 0 heterocycles. The molecule has 2 N–H and O–H groups in total. The Morgan fingerprint density at radius 3 is 2.67 bits per heavy atom. The van der Waals surface area contributed by atoms with Gasteiger partial charge >= 0.3 is 5.97 Å². The zero-order valence-corrected chi connectivity index (χ0v) is 11.1. The second kappa shape index (κ2) is 5.11. The van der Waals surface area contributed by atoms with Crippen molar-refractivity contribution in [3.8, 4) is 0 Å². The Balaban J connectivity index is 2.49. The fourth-order valence-electron chi connectivity index (χ4n) is 2.89. The van der Waals surface area contributed by atoms with Crippen LogP contribution in [0.3, 0.4) is 0 Å². The standard InChI is InChI=1S/C15H21NO2/c1-11-5-3-8-13(9-11)15(10-16,14(17)18-2)12-6-4-7-12/h3,5,8-9,12H,4,6-7,10,16H2,1-2H3. The summed E-state index contributed by atoms with van der Waals surface area (Å²) in [6.07, 6.45) is 3.29. The third kappa shape index (κ3) is 1.93. The molecule has 3 nitrogen and oxygen atoms in total. The number of nitrogens with two attached hydrogens (primary N) is 1. The Kier molecular flexibility index (Phi) is 3.71. The number of carbonyl (C=O) groups excluding carboxylic acids is 1. The molecule has 2 rings (SSSR count). The largest absolute Gasteiger partial charge is 0.468 e. The molecule has 0 bridgehead atoms. The summed E-state index contributed by atoms with van der Waals surface area (Å²) in [5.74, 6) is 0.122. The summed E-state index contributed by atoms with van der Waals surface area (Å²) in [6, 6.07) is 8.07. The van der Waals surface area contributed by atoms with Crippen LogP contribution >= 0.6 is 0 Å². The molecule has 1 saturated carbocycles. The van der Waals surface area contributed by atoms with E-state index in [1.54, 1.807) is 0 Å². The maximum atomic E-state index is 12.3. The predicted octanol–water partition coefficient (Wildman–Crippen LogP) is 2.16. The fraction of sp³-hybridized carbons (Fsp3) is 0.533. The first-order valence-corrected chi connectivity index (χ1v) is 6.50. The van der Waals surface area contributed by atoms with Gasteiger partial charge < -0.3 is 10.5 Å². The number of methoxy groups -OCH3 is 1. The van der Waals surface area contributed by atoms with Crippen molar-refractivity contribution >= 4 is 5.97 Å². The minimum atomic E-state index is -0.654. The third-order valence-corrected chi connectivity index (χ3v) is 4.21. The molecular weight excluding hydrogens is 226 g/mol. The second-order valence-electron chi connectivity index (χ2n) is 5.16. The number of rotatable bonds is 4. The molecule has 0 saturated heterocycles. The van der Waals surface area contributed by atoms with Crippen LogP contribution in [-0.4, -0.2) is 19.6 Å². The molecular formula is C15H21NO2. The van der Waals surface area contributed by atoms with Crippen LogP contribution in [0.4, 0.5) is 0 Å². The van der Waals surface area contributed by atoms with E-state index in [0.717, 1.165) is 24.0 Å². The van der Waals surface area contributed by atoms with Crippen molar-refractivity contribution in [1.82, 2.24) is 0 Å². The average Bonchev–Trinajstić information content (AvgIpc) is 2.32. The maximum absolute atomic E-state index is 12.3. The normalized spacial score (nSPS) is 18.8. The van der Waals surface area contributed by atoms with Crippen molar-refractivity contribution in [3.63, 3.8) is 0 Å². The van der Waals surface area contributed by atoms with Gasteiger partial charge in [-0.3, -0.25) is 4.79 Å². The smallest absolute Gasteiger partial charge is 0.317 e. The maximum Gasteiger partial charge on any atom is 0.317 e. The fourth-order valence-corrected chi connectivity index (χ4v) is 2.89. The summed E-state index contributed by atoms with van der Waals surface area (Å²) in [7, 11) is 1.45. The van der Waals surface area contributed by atoms with E-state index in [4.69, 9.17) is 10.5 Å². The summed E-state index contributed by atoms with van der Waals surface area (Å²) in [4.78, 5) is 12.3. The molecule has 1 unspecified atom stereocenters. The van der Waals surface area contributed by atoms with E-state index in [0.29, 0.717) is 12.5 Å². The highest BCUT2D eigenvalue weighted by atomic mass is 16.5. The van der Waals surface area contributed by atoms with Gasteiger partial charge in [-0.05, 0) is 31.2 Å². The second-order valence-corrected chi connectivity index (χ2v) is 5.16. The van der Waals surface area contributed by atoms with Crippen LogP contribution in [0, 0.1) is 12.8 Å².